The van der Waals surface area contributed by atoms with Crippen LogP contribution in [-0.2, 0) is 0 Å². The zero-order valence-corrected chi connectivity index (χ0v) is 14.7. The molecule has 4 aromatic rings. The number of rotatable bonds is 3. The largest absolute Gasteiger partial charge is 0.322 e. The molecule has 26 heavy (non-hydrogen) atoms. The fourth-order valence-corrected chi connectivity index (χ4v) is 3.18. The van der Waals surface area contributed by atoms with Crippen LogP contribution in [0.2, 0.25) is 0 Å². The zero-order chi connectivity index (χ0) is 18.1. The van der Waals surface area contributed by atoms with Gasteiger partial charge in [0.2, 0.25) is 0 Å². The first-order chi connectivity index (χ1) is 12.6. The van der Waals surface area contributed by atoms with E-state index in [0.29, 0.717) is 0 Å². The molecule has 0 fully saturated rings. The first-order valence-electron chi connectivity index (χ1n) is 8.51. The average molecular weight is 341 g/mol. The summed E-state index contributed by atoms with van der Waals surface area (Å²) in [6.45, 7) is 4.03. The van der Waals surface area contributed by atoms with Gasteiger partial charge in [-0.2, -0.15) is 0 Å². The van der Waals surface area contributed by atoms with Crippen LogP contribution in [-0.4, -0.2) is 15.5 Å². The number of aromatic nitrogens is 2. The van der Waals surface area contributed by atoms with E-state index < -0.39 is 0 Å². The van der Waals surface area contributed by atoms with E-state index in [1.54, 1.807) is 12.5 Å². The molecule has 0 spiro atoms. The Kier molecular flexibility index (Phi) is 4.01. The third-order valence-electron chi connectivity index (χ3n) is 4.54. The maximum absolute atomic E-state index is 12.9. The summed E-state index contributed by atoms with van der Waals surface area (Å²) < 4.78 is 1.92. The Morgan fingerprint density at radius 3 is 2.54 bits per heavy atom. The molecule has 1 N–H and O–H groups in total. The minimum absolute atomic E-state index is 0.0904. The number of hydrogen-bond acceptors (Lipinski definition) is 2. The number of benzene rings is 3. The van der Waals surface area contributed by atoms with Gasteiger partial charge in [-0.3, -0.25) is 4.79 Å². The molecule has 4 rings (SSSR count). The number of nitrogens with one attached hydrogen (secondary N) is 1. The molecule has 1 aromatic heterocycles. The van der Waals surface area contributed by atoms with E-state index in [-0.39, 0.29) is 5.91 Å². The molecule has 0 radical (unpaired) electrons. The van der Waals surface area contributed by atoms with Gasteiger partial charge in [-0.05, 0) is 54.4 Å². The molecule has 1 heterocycles. The van der Waals surface area contributed by atoms with E-state index in [9.17, 15) is 4.79 Å². The van der Waals surface area contributed by atoms with Gasteiger partial charge in [-0.25, -0.2) is 4.98 Å². The standard InChI is InChI=1S/C22H19N3O/c1-15-3-10-20-17(13-15)5-4-16(2)21(20)22(26)24-18-6-8-19(9-7-18)25-12-11-23-14-25/h3-14H,1-2H3,(H,24,26). The van der Waals surface area contributed by atoms with E-state index in [4.69, 9.17) is 0 Å². The molecular weight excluding hydrogens is 322 g/mol. The van der Waals surface area contributed by atoms with E-state index in [0.717, 1.165) is 33.3 Å². The highest BCUT2D eigenvalue weighted by Crippen LogP contribution is 2.25. The van der Waals surface area contributed by atoms with Crippen molar-refractivity contribution in [3.05, 3.63) is 90.0 Å². The van der Waals surface area contributed by atoms with Gasteiger partial charge < -0.3 is 9.88 Å². The molecule has 0 bridgehead atoms. The fraction of sp³-hybridized carbons (Fsp3) is 0.0909. The molecule has 0 atom stereocenters. The molecule has 4 heteroatoms. The number of fused-ring (bicyclic) bond motifs is 1. The summed E-state index contributed by atoms with van der Waals surface area (Å²) in [5.74, 6) is -0.0904. The summed E-state index contributed by atoms with van der Waals surface area (Å²) in [6, 6.07) is 17.9. The van der Waals surface area contributed by atoms with Crippen LogP contribution < -0.4 is 5.32 Å². The Hall–Kier alpha value is -3.40. The SMILES string of the molecule is Cc1ccc2c(C(=O)Nc3ccc(-n4ccnc4)cc3)c(C)ccc2c1. The number of nitrogens with zero attached hydrogens (tertiary/aromatic N) is 2. The first-order valence-corrected chi connectivity index (χ1v) is 8.51. The predicted molar refractivity (Wildman–Crippen MR) is 105 cm³/mol. The second-order valence-corrected chi connectivity index (χ2v) is 6.45. The van der Waals surface area contributed by atoms with Crippen molar-refractivity contribution in [1.29, 1.82) is 0 Å². The van der Waals surface area contributed by atoms with Crippen molar-refractivity contribution in [2.75, 3.05) is 5.32 Å². The van der Waals surface area contributed by atoms with Crippen molar-refractivity contribution in [1.82, 2.24) is 9.55 Å². The highest BCUT2D eigenvalue weighted by Gasteiger charge is 2.13. The summed E-state index contributed by atoms with van der Waals surface area (Å²) in [5, 5.41) is 5.07. The van der Waals surface area contributed by atoms with Crippen molar-refractivity contribution in [3.63, 3.8) is 0 Å². The quantitative estimate of drug-likeness (QED) is 0.576. The third kappa shape index (κ3) is 2.97. The van der Waals surface area contributed by atoms with Gasteiger partial charge in [-0.15, -0.1) is 0 Å². The highest BCUT2D eigenvalue weighted by atomic mass is 16.1. The van der Waals surface area contributed by atoms with Gasteiger partial charge in [0.25, 0.3) is 5.91 Å². The lowest BCUT2D eigenvalue weighted by Crippen LogP contribution is -2.14. The lowest BCUT2D eigenvalue weighted by molar-refractivity contribution is 0.102. The minimum Gasteiger partial charge on any atom is -0.322 e. The molecule has 0 aliphatic rings. The van der Waals surface area contributed by atoms with Crippen LogP contribution in [0.1, 0.15) is 21.5 Å². The molecule has 0 saturated carbocycles. The molecule has 0 aliphatic heterocycles. The molecular formula is C22H19N3O. The summed E-state index contributed by atoms with van der Waals surface area (Å²) in [7, 11) is 0. The van der Waals surface area contributed by atoms with Crippen LogP contribution in [0.3, 0.4) is 0 Å². The molecule has 4 nitrogen and oxygen atoms in total. The summed E-state index contributed by atoms with van der Waals surface area (Å²) in [4.78, 5) is 17.0. The van der Waals surface area contributed by atoms with E-state index in [2.05, 4.69) is 29.4 Å². The number of hydrogen-bond donors (Lipinski definition) is 1. The Balaban J connectivity index is 1.64. The lowest BCUT2D eigenvalue weighted by Gasteiger charge is -2.12. The number of carbonyl (C=O) groups is 1. The molecule has 1 amide bonds. The second kappa shape index (κ2) is 6.48. The molecule has 0 aliphatic carbocycles. The second-order valence-electron chi connectivity index (χ2n) is 6.45. The normalized spacial score (nSPS) is 10.8. The van der Waals surface area contributed by atoms with Gasteiger partial charge in [-0.1, -0.05) is 35.9 Å². The summed E-state index contributed by atoms with van der Waals surface area (Å²) >= 11 is 0. The topological polar surface area (TPSA) is 46.9 Å². The van der Waals surface area contributed by atoms with Crippen LogP contribution in [0.5, 0.6) is 0 Å². The zero-order valence-electron chi connectivity index (χ0n) is 14.7. The molecule has 128 valence electrons. The van der Waals surface area contributed by atoms with Gasteiger partial charge >= 0.3 is 0 Å². The number of carbonyl (C=O) groups excluding carboxylic acids is 1. The Labute approximate surface area is 152 Å². The van der Waals surface area contributed by atoms with Crippen LogP contribution in [0.4, 0.5) is 5.69 Å². The molecule has 0 unspecified atom stereocenters. The van der Waals surface area contributed by atoms with E-state index in [1.165, 1.54) is 5.56 Å². The van der Waals surface area contributed by atoms with Crippen molar-refractivity contribution < 1.29 is 4.79 Å². The Morgan fingerprint density at radius 1 is 1.00 bits per heavy atom. The lowest BCUT2D eigenvalue weighted by atomic mass is 9.97. The van der Waals surface area contributed by atoms with Crippen LogP contribution >= 0.6 is 0 Å². The predicted octanol–water partition coefficient (Wildman–Crippen LogP) is 4.89. The fourth-order valence-electron chi connectivity index (χ4n) is 3.18. The van der Waals surface area contributed by atoms with Gasteiger partial charge in [0.1, 0.15) is 0 Å². The summed E-state index contributed by atoms with van der Waals surface area (Å²) in [6.07, 6.45) is 5.37. The van der Waals surface area contributed by atoms with Crippen molar-refractivity contribution in [2.45, 2.75) is 13.8 Å². The van der Waals surface area contributed by atoms with Crippen LogP contribution in [0.15, 0.2) is 73.3 Å². The van der Waals surface area contributed by atoms with Crippen LogP contribution in [0.25, 0.3) is 16.5 Å². The van der Waals surface area contributed by atoms with Crippen molar-refractivity contribution in [3.8, 4) is 5.69 Å². The van der Waals surface area contributed by atoms with E-state index in [1.807, 2.05) is 60.2 Å². The number of imidazole rings is 1. The van der Waals surface area contributed by atoms with Gasteiger partial charge in [0.05, 0.1) is 11.9 Å². The third-order valence-corrected chi connectivity index (χ3v) is 4.54. The van der Waals surface area contributed by atoms with E-state index >= 15 is 0 Å². The first kappa shape index (κ1) is 16.1. The smallest absolute Gasteiger partial charge is 0.256 e. The maximum Gasteiger partial charge on any atom is 0.256 e. The highest BCUT2D eigenvalue weighted by molar-refractivity contribution is 6.14. The van der Waals surface area contributed by atoms with Crippen LogP contribution in [0, 0.1) is 13.8 Å². The van der Waals surface area contributed by atoms with Crippen molar-refractivity contribution in [2.24, 2.45) is 0 Å². The van der Waals surface area contributed by atoms with Gasteiger partial charge in [0.15, 0.2) is 0 Å². The number of aryl methyl sites for hydroxylation is 2. The molecule has 0 saturated heterocycles. The van der Waals surface area contributed by atoms with Gasteiger partial charge in [0, 0.05) is 23.8 Å². The van der Waals surface area contributed by atoms with Crippen molar-refractivity contribution >= 4 is 22.4 Å². The minimum atomic E-state index is -0.0904. The molecule has 3 aromatic carbocycles. The summed E-state index contributed by atoms with van der Waals surface area (Å²) in [5.41, 5.74) is 4.64. The average Bonchev–Trinajstić information content (AvgIpc) is 3.17. The monoisotopic (exact) mass is 341 g/mol. The number of amides is 1. The Bertz CT molecular complexity index is 1080. The maximum atomic E-state index is 12.9. The Morgan fingerprint density at radius 2 is 1.81 bits per heavy atom. The number of anilines is 1.